The van der Waals surface area contributed by atoms with Crippen molar-refractivity contribution in [1.82, 2.24) is 0 Å². The van der Waals surface area contributed by atoms with Gasteiger partial charge in [0, 0.05) is 11.1 Å². The van der Waals surface area contributed by atoms with Crippen LogP contribution in [0.3, 0.4) is 0 Å². The zero-order valence-corrected chi connectivity index (χ0v) is 30.6. The summed E-state index contributed by atoms with van der Waals surface area (Å²) in [6.07, 6.45) is 0. The van der Waals surface area contributed by atoms with Crippen LogP contribution in [0.4, 0.5) is 0 Å². The molecule has 1 nitrogen and oxygen atoms in total. The Balaban J connectivity index is 1.86. The smallest absolute Gasteiger partial charge is 0.133 e. The number of benzene rings is 4. The zero-order chi connectivity index (χ0) is 34.5. The summed E-state index contributed by atoms with van der Waals surface area (Å²) in [4.78, 5) is 13.3. The Kier molecular flexibility index (Phi) is 8.80. The third kappa shape index (κ3) is 6.93. The summed E-state index contributed by atoms with van der Waals surface area (Å²) in [7, 11) is 0. The number of hydrogen-bond donors (Lipinski definition) is 0. The molecule has 0 radical (unpaired) electrons. The van der Waals surface area contributed by atoms with Crippen LogP contribution in [0.15, 0.2) is 103 Å². The van der Waals surface area contributed by atoms with Crippen LogP contribution < -0.4 is 0 Å². The summed E-state index contributed by atoms with van der Waals surface area (Å²) in [5, 5.41) is 0. The van der Waals surface area contributed by atoms with E-state index in [4.69, 9.17) is 0 Å². The highest BCUT2D eigenvalue weighted by Crippen LogP contribution is 2.54. The molecule has 1 aliphatic rings. The van der Waals surface area contributed by atoms with Crippen LogP contribution in [0.2, 0.25) is 0 Å². The summed E-state index contributed by atoms with van der Waals surface area (Å²) < 4.78 is 0. The second-order valence-corrected chi connectivity index (χ2v) is 17.3. The molecule has 0 saturated heterocycles. The van der Waals surface area contributed by atoms with Crippen molar-refractivity contribution < 1.29 is 4.79 Å². The number of allylic oxidation sites excluding steroid dienone is 5. The fourth-order valence-corrected chi connectivity index (χ4v) is 6.43. The van der Waals surface area contributed by atoms with Gasteiger partial charge in [-0.25, -0.2) is 4.79 Å². The average molecular weight is 621 g/mol. The molecule has 4 aromatic rings. The van der Waals surface area contributed by atoms with Gasteiger partial charge in [0.05, 0.1) is 5.57 Å². The maximum Gasteiger partial charge on any atom is 0.133 e. The lowest BCUT2D eigenvalue weighted by Gasteiger charge is -2.22. The van der Waals surface area contributed by atoms with Crippen molar-refractivity contribution in [2.45, 2.75) is 105 Å². The van der Waals surface area contributed by atoms with Gasteiger partial charge in [-0.2, -0.15) is 0 Å². The summed E-state index contributed by atoms with van der Waals surface area (Å²) in [5.74, 6) is 2.47. The second-order valence-electron chi connectivity index (χ2n) is 17.3. The van der Waals surface area contributed by atoms with E-state index in [-0.39, 0.29) is 21.7 Å². The van der Waals surface area contributed by atoms with Gasteiger partial charge < -0.3 is 0 Å². The molecule has 47 heavy (non-hydrogen) atoms. The molecule has 0 N–H and O–H groups in total. The Morgan fingerprint density at radius 2 is 0.511 bits per heavy atom. The van der Waals surface area contributed by atoms with Crippen molar-refractivity contribution in [3.8, 4) is 0 Å². The molecule has 0 aliphatic heterocycles. The molecule has 0 aromatic heterocycles. The Morgan fingerprint density at radius 1 is 0.319 bits per heavy atom. The molecule has 0 saturated carbocycles. The monoisotopic (exact) mass is 620 g/mol. The maximum atomic E-state index is 13.3. The van der Waals surface area contributed by atoms with E-state index in [1.807, 2.05) is 0 Å². The normalized spacial score (nSPS) is 14.6. The van der Waals surface area contributed by atoms with Crippen LogP contribution in [0.1, 0.15) is 128 Å². The molecule has 0 unspecified atom stereocenters. The SMILES string of the molecule is CC(C)(C)c1ccc(C2=C(c3ccc(C(C)(C)C)cc3)C(c3ccc(C(C)(C)C)cc3)=C(c3ccc(C(C)(C)C)cc3)C2=C=O)cc1. The van der Waals surface area contributed by atoms with Crippen LogP contribution in [0.5, 0.6) is 0 Å². The van der Waals surface area contributed by atoms with Gasteiger partial charge >= 0.3 is 0 Å². The second kappa shape index (κ2) is 12.1. The predicted octanol–water partition coefficient (Wildman–Crippen LogP) is 12.2. The zero-order valence-electron chi connectivity index (χ0n) is 30.6. The summed E-state index contributed by atoms with van der Waals surface area (Å²) in [6.45, 7) is 26.9. The molecule has 0 amide bonds. The standard InChI is InChI=1S/C46H52O/c1-43(2,3)34-21-13-30(14-22-34)39-38(29-47)40(31-15-23-35(24-16-31)44(4,5)6)42(33-19-27-37(28-20-33)46(10,11)12)41(39)32-17-25-36(26-18-32)45(7,8)9/h13-28H,1-12H3. The van der Waals surface area contributed by atoms with Gasteiger partial charge in [-0.15, -0.1) is 0 Å². The van der Waals surface area contributed by atoms with Crippen LogP contribution in [0, 0.1) is 0 Å². The van der Waals surface area contributed by atoms with Crippen molar-refractivity contribution in [2.24, 2.45) is 0 Å². The van der Waals surface area contributed by atoms with Crippen molar-refractivity contribution in [2.75, 3.05) is 0 Å². The van der Waals surface area contributed by atoms with Crippen molar-refractivity contribution >= 4 is 28.2 Å². The highest BCUT2D eigenvalue weighted by atomic mass is 16.1. The van der Waals surface area contributed by atoms with Crippen molar-refractivity contribution in [3.05, 3.63) is 147 Å². The van der Waals surface area contributed by atoms with E-state index in [2.05, 4.69) is 186 Å². The first kappa shape index (κ1) is 34.2. The van der Waals surface area contributed by atoms with Gasteiger partial charge in [0.2, 0.25) is 0 Å². The van der Waals surface area contributed by atoms with E-state index < -0.39 is 0 Å². The fourth-order valence-electron chi connectivity index (χ4n) is 6.43. The van der Waals surface area contributed by atoms with E-state index in [9.17, 15) is 4.79 Å². The largest absolute Gasteiger partial charge is 0.233 e. The van der Waals surface area contributed by atoms with Crippen LogP contribution in [-0.4, -0.2) is 5.94 Å². The first-order valence-corrected chi connectivity index (χ1v) is 17.0. The first-order valence-electron chi connectivity index (χ1n) is 17.0. The summed E-state index contributed by atoms with van der Waals surface area (Å²) in [6, 6.07) is 35.5. The molecular weight excluding hydrogens is 569 g/mol. The lowest BCUT2D eigenvalue weighted by atomic mass is 9.82. The molecule has 4 aromatic carbocycles. The molecule has 0 spiro atoms. The summed E-state index contributed by atoms with van der Waals surface area (Å²) >= 11 is 0. The quantitative estimate of drug-likeness (QED) is 0.207. The molecule has 1 aliphatic carbocycles. The molecular formula is C46H52O. The minimum absolute atomic E-state index is 0.0235. The average Bonchev–Trinajstić information content (AvgIpc) is 3.35. The Morgan fingerprint density at radius 3 is 0.681 bits per heavy atom. The topological polar surface area (TPSA) is 17.1 Å². The maximum absolute atomic E-state index is 13.3. The number of hydrogen-bond acceptors (Lipinski definition) is 1. The summed E-state index contributed by atoms with van der Waals surface area (Å²) in [5.41, 5.74) is 14.1. The fraction of sp³-hybridized carbons (Fsp3) is 0.348. The molecule has 0 heterocycles. The van der Waals surface area contributed by atoms with Crippen LogP contribution >= 0.6 is 0 Å². The predicted molar refractivity (Wildman–Crippen MR) is 203 cm³/mol. The Bertz CT molecular complexity index is 1740. The van der Waals surface area contributed by atoms with Crippen molar-refractivity contribution in [3.63, 3.8) is 0 Å². The number of carbonyl (C=O) groups excluding carboxylic acids is 1. The lowest BCUT2D eigenvalue weighted by Crippen LogP contribution is -2.11. The third-order valence-corrected chi connectivity index (χ3v) is 9.51. The molecule has 0 fully saturated rings. The van der Waals surface area contributed by atoms with Crippen LogP contribution in [-0.2, 0) is 26.5 Å². The minimum atomic E-state index is 0.0235. The van der Waals surface area contributed by atoms with Gasteiger partial charge in [0.25, 0.3) is 0 Å². The van der Waals surface area contributed by atoms with Crippen molar-refractivity contribution in [1.29, 1.82) is 0 Å². The van der Waals surface area contributed by atoms with E-state index in [0.29, 0.717) is 5.57 Å². The molecule has 0 atom stereocenters. The van der Waals surface area contributed by atoms with Gasteiger partial charge in [-0.1, -0.05) is 180 Å². The van der Waals surface area contributed by atoms with E-state index in [1.165, 1.54) is 22.3 Å². The van der Waals surface area contributed by atoms with Gasteiger partial charge in [0.1, 0.15) is 5.94 Å². The molecule has 1 heteroatoms. The van der Waals surface area contributed by atoms with Gasteiger partial charge in [0.15, 0.2) is 0 Å². The lowest BCUT2D eigenvalue weighted by molar-refractivity contribution is 0.568. The van der Waals surface area contributed by atoms with E-state index >= 15 is 0 Å². The van der Waals surface area contributed by atoms with E-state index in [1.54, 1.807) is 0 Å². The first-order chi connectivity index (χ1) is 21.8. The van der Waals surface area contributed by atoms with E-state index in [0.717, 1.165) is 44.5 Å². The Hall–Kier alpha value is -4.19. The third-order valence-electron chi connectivity index (χ3n) is 9.51. The van der Waals surface area contributed by atoms with Crippen LogP contribution in [0.25, 0.3) is 22.3 Å². The molecule has 0 bridgehead atoms. The highest BCUT2D eigenvalue weighted by Gasteiger charge is 2.34. The Labute approximate surface area is 284 Å². The number of rotatable bonds is 4. The van der Waals surface area contributed by atoms with Gasteiger partial charge in [-0.05, 0) is 77.3 Å². The minimum Gasteiger partial charge on any atom is -0.233 e. The molecule has 5 rings (SSSR count). The highest BCUT2D eigenvalue weighted by molar-refractivity contribution is 6.36. The van der Waals surface area contributed by atoms with Gasteiger partial charge in [-0.3, -0.25) is 0 Å². The molecule has 242 valence electrons.